The largest absolute Gasteiger partial charge is 0.368 e. The minimum Gasteiger partial charge on any atom is -0.368 e. The van der Waals surface area contributed by atoms with Crippen LogP contribution in [0.3, 0.4) is 0 Å². The van der Waals surface area contributed by atoms with Gasteiger partial charge in [-0.05, 0) is 95.2 Å². The van der Waals surface area contributed by atoms with Crippen LogP contribution in [0.2, 0.25) is 0 Å². The highest BCUT2D eigenvalue weighted by molar-refractivity contribution is 7.80. The van der Waals surface area contributed by atoms with Crippen LogP contribution < -0.4 is 16.4 Å². The molecule has 0 aliphatic carbocycles. The molecular formula is C25H33FN8OS. The number of piperidine rings is 2. The van der Waals surface area contributed by atoms with Crippen LogP contribution in [0.1, 0.15) is 43.5 Å². The number of benzene rings is 1. The van der Waals surface area contributed by atoms with E-state index in [2.05, 4.69) is 30.5 Å². The second kappa shape index (κ2) is 11.3. The number of hydrogen-bond donors (Lipinski definition) is 3. The number of thiocarbonyl (C=S) groups is 1. The smallest absolute Gasteiger partial charge is 0.238 e. The zero-order valence-electron chi connectivity index (χ0n) is 20.8. The molecule has 192 valence electrons. The van der Waals surface area contributed by atoms with Crippen LogP contribution in [0.5, 0.6) is 0 Å². The molecule has 3 heterocycles. The summed E-state index contributed by atoms with van der Waals surface area (Å²) >= 11 is 5.49. The molecule has 0 spiro atoms. The average molecular weight is 513 g/mol. The van der Waals surface area contributed by atoms with Gasteiger partial charge in [0.15, 0.2) is 0 Å². The summed E-state index contributed by atoms with van der Waals surface area (Å²) in [6, 6.07) is 7.79. The van der Waals surface area contributed by atoms with E-state index in [4.69, 9.17) is 18.0 Å². The van der Waals surface area contributed by atoms with Gasteiger partial charge in [-0.2, -0.15) is 4.99 Å². The maximum atomic E-state index is 13.3. The molecule has 4 N–H and O–H groups in total. The Kier molecular flexibility index (Phi) is 8.10. The highest BCUT2D eigenvalue weighted by atomic mass is 32.1. The first-order valence-corrected chi connectivity index (χ1v) is 12.7. The summed E-state index contributed by atoms with van der Waals surface area (Å²) in [6.45, 7) is 6.72. The maximum absolute atomic E-state index is 13.3. The quantitative estimate of drug-likeness (QED) is 0.325. The molecule has 11 heteroatoms. The summed E-state index contributed by atoms with van der Waals surface area (Å²) in [5.41, 5.74) is 7.60. The van der Waals surface area contributed by atoms with Crippen molar-refractivity contribution in [3.8, 4) is 0 Å². The van der Waals surface area contributed by atoms with Gasteiger partial charge in [0.25, 0.3) is 0 Å². The van der Waals surface area contributed by atoms with Gasteiger partial charge in [0.1, 0.15) is 11.4 Å². The maximum Gasteiger partial charge on any atom is 0.238 e. The van der Waals surface area contributed by atoms with E-state index in [9.17, 15) is 9.18 Å². The third kappa shape index (κ3) is 6.14. The first-order chi connectivity index (χ1) is 17.2. The Balaban J connectivity index is 1.56. The van der Waals surface area contributed by atoms with Gasteiger partial charge in [0, 0.05) is 30.2 Å². The number of likely N-dealkylation sites (tertiary alicyclic amines) is 2. The summed E-state index contributed by atoms with van der Waals surface area (Å²) < 4.78 is 13.3. The summed E-state index contributed by atoms with van der Waals surface area (Å²) in [6.07, 6.45) is 4.54. The van der Waals surface area contributed by atoms with Gasteiger partial charge >= 0.3 is 0 Å². The molecule has 9 nitrogen and oxygen atoms in total. The molecule has 0 atom stereocenters. The number of halogens is 1. The molecule has 0 saturated carbocycles. The molecule has 2 fully saturated rings. The number of primary amides is 1. The van der Waals surface area contributed by atoms with E-state index >= 15 is 0 Å². The molecule has 4 rings (SSSR count). The number of guanidine groups is 1. The van der Waals surface area contributed by atoms with Crippen molar-refractivity contribution >= 4 is 40.8 Å². The Morgan fingerprint density at radius 1 is 1.03 bits per heavy atom. The number of carbonyl (C=O) groups excluding carboxylic acids is 1. The topological polar surface area (TPSA) is 112 Å². The van der Waals surface area contributed by atoms with E-state index in [0.29, 0.717) is 43.5 Å². The first kappa shape index (κ1) is 25.9. The molecule has 0 bridgehead atoms. The molecule has 0 radical (unpaired) electrons. The second-order valence-electron chi connectivity index (χ2n) is 9.40. The lowest BCUT2D eigenvalue weighted by Gasteiger charge is -2.48. The van der Waals surface area contributed by atoms with Crippen LogP contribution in [-0.4, -0.2) is 68.5 Å². The lowest BCUT2D eigenvalue weighted by atomic mass is 9.83. The van der Waals surface area contributed by atoms with E-state index in [1.807, 2.05) is 24.8 Å². The molecular weight excluding hydrogens is 479 g/mol. The molecule has 1 aromatic heterocycles. The third-order valence-corrected chi connectivity index (χ3v) is 7.01. The summed E-state index contributed by atoms with van der Waals surface area (Å²) in [5, 5.41) is 6.45. The summed E-state index contributed by atoms with van der Waals surface area (Å²) in [7, 11) is 0. The number of nitrogens with two attached hydrogens (primary N) is 1. The predicted octanol–water partition coefficient (Wildman–Crippen LogP) is 3.20. The number of rotatable bonds is 4. The minimum atomic E-state index is -0.647. The number of amides is 1. The lowest BCUT2D eigenvalue weighted by Crippen LogP contribution is -2.64. The zero-order chi connectivity index (χ0) is 25.7. The number of aliphatic imine (C=N–C) groups is 1. The fraction of sp³-hybridized carbons (Fsp3) is 0.480. The van der Waals surface area contributed by atoms with Crippen LogP contribution in [0.4, 0.5) is 16.0 Å². The number of carbonyl (C=O) groups is 1. The van der Waals surface area contributed by atoms with Gasteiger partial charge in [-0.1, -0.05) is 6.42 Å². The van der Waals surface area contributed by atoms with Crippen molar-refractivity contribution in [2.24, 2.45) is 10.7 Å². The monoisotopic (exact) mass is 512 g/mol. The zero-order valence-corrected chi connectivity index (χ0v) is 21.6. The van der Waals surface area contributed by atoms with Gasteiger partial charge in [0.2, 0.25) is 22.9 Å². The Morgan fingerprint density at radius 3 is 2.22 bits per heavy atom. The van der Waals surface area contributed by atoms with Crippen molar-refractivity contribution in [1.29, 1.82) is 0 Å². The van der Waals surface area contributed by atoms with Crippen molar-refractivity contribution in [3.05, 3.63) is 47.5 Å². The summed E-state index contributed by atoms with van der Waals surface area (Å²) in [4.78, 5) is 30.6. The summed E-state index contributed by atoms with van der Waals surface area (Å²) in [5.74, 6) is 0.306. The normalized spacial score (nSPS) is 18.5. The standard InChI is InChI=1S/C25H33FN8OS/c1-17-16-18(2)29-22(28-17)31-23(32-24(36)30-20-8-6-19(26)7-9-20)33-14-10-25(11-15-33,21(27)35)34-12-4-3-5-13-34/h6-9,16H,3-5,10-15H2,1-2H3,(H2,27,35)(H2,28,29,30,31,32,36). The lowest BCUT2D eigenvalue weighted by molar-refractivity contribution is -0.134. The minimum absolute atomic E-state index is 0.205. The van der Waals surface area contributed by atoms with Gasteiger partial charge in [-0.25, -0.2) is 14.4 Å². The molecule has 1 amide bonds. The fourth-order valence-corrected chi connectivity index (χ4v) is 5.17. The van der Waals surface area contributed by atoms with Crippen molar-refractivity contribution in [2.75, 3.05) is 36.8 Å². The van der Waals surface area contributed by atoms with Gasteiger partial charge in [-0.3, -0.25) is 15.0 Å². The van der Waals surface area contributed by atoms with E-state index < -0.39 is 5.54 Å². The molecule has 2 saturated heterocycles. The molecule has 2 aromatic rings. The van der Waals surface area contributed by atoms with E-state index in [1.54, 1.807) is 12.1 Å². The first-order valence-electron chi connectivity index (χ1n) is 12.3. The fourth-order valence-electron chi connectivity index (χ4n) is 4.97. The molecule has 1 aromatic carbocycles. The number of anilines is 2. The van der Waals surface area contributed by atoms with Crippen molar-refractivity contribution < 1.29 is 9.18 Å². The number of nitrogens with one attached hydrogen (secondary N) is 2. The van der Waals surface area contributed by atoms with Crippen LogP contribution in [-0.2, 0) is 4.79 Å². The molecule has 2 aliphatic rings. The van der Waals surface area contributed by atoms with E-state index in [-0.39, 0.29) is 16.8 Å². The second-order valence-corrected chi connectivity index (χ2v) is 9.79. The third-order valence-electron chi connectivity index (χ3n) is 6.82. The van der Waals surface area contributed by atoms with Crippen LogP contribution >= 0.6 is 12.2 Å². The average Bonchev–Trinajstić information content (AvgIpc) is 2.85. The van der Waals surface area contributed by atoms with Gasteiger partial charge < -0.3 is 16.0 Å². The number of hydrogen-bond acceptors (Lipinski definition) is 5. The molecule has 36 heavy (non-hydrogen) atoms. The molecule has 0 unspecified atom stereocenters. The number of aromatic nitrogens is 2. The van der Waals surface area contributed by atoms with Crippen molar-refractivity contribution in [1.82, 2.24) is 19.8 Å². The number of nitrogens with zero attached hydrogens (tertiary/aromatic N) is 5. The van der Waals surface area contributed by atoms with Crippen LogP contribution in [0.15, 0.2) is 35.3 Å². The Hall–Kier alpha value is -3.18. The predicted molar refractivity (Wildman–Crippen MR) is 143 cm³/mol. The molecule has 2 aliphatic heterocycles. The SMILES string of the molecule is Cc1cc(C)nc(N/C(=N/C(=S)Nc2ccc(F)cc2)N2CCC(C(N)=O)(N3CCCCC3)CC2)n1. The van der Waals surface area contributed by atoms with E-state index in [0.717, 1.165) is 37.3 Å². The van der Waals surface area contributed by atoms with Crippen LogP contribution in [0.25, 0.3) is 0 Å². The highest BCUT2D eigenvalue weighted by Crippen LogP contribution is 2.32. The number of aryl methyl sites for hydroxylation is 2. The van der Waals surface area contributed by atoms with Crippen LogP contribution in [0, 0.1) is 19.7 Å². The van der Waals surface area contributed by atoms with Gasteiger partial charge in [-0.15, -0.1) is 0 Å². The Labute approximate surface area is 216 Å². The van der Waals surface area contributed by atoms with E-state index in [1.165, 1.54) is 18.6 Å². The van der Waals surface area contributed by atoms with Crippen molar-refractivity contribution in [3.63, 3.8) is 0 Å². The Morgan fingerprint density at radius 2 is 1.64 bits per heavy atom. The highest BCUT2D eigenvalue weighted by Gasteiger charge is 2.45. The van der Waals surface area contributed by atoms with Gasteiger partial charge in [0.05, 0.1) is 0 Å². The Bertz CT molecular complexity index is 1110. The van der Waals surface area contributed by atoms with Crippen molar-refractivity contribution in [2.45, 2.75) is 51.5 Å².